The highest BCUT2D eigenvalue weighted by Gasteiger charge is 2.12. The van der Waals surface area contributed by atoms with Gasteiger partial charge in [0.1, 0.15) is 0 Å². The maximum Gasteiger partial charge on any atom is 0.331 e. The van der Waals surface area contributed by atoms with Gasteiger partial charge in [-0.05, 0) is 35.3 Å². The first-order valence-electron chi connectivity index (χ1n) is 8.68. The maximum atomic E-state index is 11.8. The fraction of sp³-hybridized carbons (Fsp3) is 0.238. The van der Waals surface area contributed by atoms with Gasteiger partial charge in [-0.15, -0.1) is 0 Å². The van der Waals surface area contributed by atoms with E-state index in [0.717, 1.165) is 11.1 Å². The van der Waals surface area contributed by atoms with Crippen molar-refractivity contribution < 1.29 is 23.8 Å². The highest BCUT2D eigenvalue weighted by molar-refractivity contribution is 5.89. The Labute approximate surface area is 157 Å². The molecule has 0 radical (unpaired) electrons. The predicted octanol–water partition coefficient (Wildman–Crippen LogP) is 2.89. The van der Waals surface area contributed by atoms with E-state index in [2.05, 4.69) is 5.32 Å². The largest absolute Gasteiger partial charge is 0.454 e. The van der Waals surface area contributed by atoms with Gasteiger partial charge in [-0.25, -0.2) is 4.79 Å². The van der Waals surface area contributed by atoms with Crippen molar-refractivity contribution in [3.63, 3.8) is 0 Å². The van der Waals surface area contributed by atoms with Gasteiger partial charge in [-0.2, -0.15) is 0 Å². The van der Waals surface area contributed by atoms with Crippen LogP contribution in [0.25, 0.3) is 6.08 Å². The number of carbonyl (C=O) groups is 2. The summed E-state index contributed by atoms with van der Waals surface area (Å²) in [5.41, 5.74) is 1.92. The van der Waals surface area contributed by atoms with Gasteiger partial charge in [0.25, 0.3) is 5.91 Å². The van der Waals surface area contributed by atoms with Crippen LogP contribution in [-0.2, 0) is 14.3 Å². The van der Waals surface area contributed by atoms with E-state index >= 15 is 0 Å². The van der Waals surface area contributed by atoms with Crippen LogP contribution in [0.15, 0.2) is 54.6 Å². The van der Waals surface area contributed by atoms with Crippen LogP contribution < -0.4 is 14.8 Å². The average molecular weight is 367 g/mol. The zero-order valence-electron chi connectivity index (χ0n) is 15.0. The number of nitrogens with one attached hydrogen (secondary N) is 1. The number of hydrogen-bond acceptors (Lipinski definition) is 5. The first-order chi connectivity index (χ1) is 13.1. The number of hydrogen-bond donors (Lipinski definition) is 1. The van der Waals surface area contributed by atoms with E-state index < -0.39 is 5.97 Å². The van der Waals surface area contributed by atoms with Crippen molar-refractivity contribution in [2.45, 2.75) is 12.8 Å². The highest BCUT2D eigenvalue weighted by atomic mass is 16.7. The minimum atomic E-state index is -0.584. The molecule has 1 heterocycles. The molecule has 0 aliphatic carbocycles. The van der Waals surface area contributed by atoms with E-state index in [4.69, 9.17) is 14.2 Å². The van der Waals surface area contributed by atoms with Gasteiger partial charge in [0.05, 0.1) is 0 Å². The molecule has 2 aromatic carbocycles. The summed E-state index contributed by atoms with van der Waals surface area (Å²) in [6.45, 7) is 2.39. The first-order valence-corrected chi connectivity index (χ1v) is 8.68. The minimum absolute atomic E-state index is 0.178. The molecule has 0 unspecified atom stereocenters. The molecule has 3 rings (SSSR count). The molecule has 0 fully saturated rings. The Morgan fingerprint density at radius 2 is 1.93 bits per heavy atom. The van der Waals surface area contributed by atoms with Crippen molar-refractivity contribution in [2.24, 2.45) is 0 Å². The molecule has 0 saturated carbocycles. The van der Waals surface area contributed by atoms with E-state index in [0.29, 0.717) is 18.0 Å². The standard InChI is InChI=1S/C21H21NO5/c1-15(17-5-3-2-4-6-17)12-22-20(23)13-25-21(24)10-8-16-7-9-18-19(11-16)27-14-26-18/h2-11,15H,12-14H2,1H3,(H,22,23)/b10-8+/t15-/m0/s1. The Bertz CT molecular complexity index is 832. The molecule has 0 spiro atoms. The number of amides is 1. The number of ether oxygens (including phenoxy) is 3. The van der Waals surface area contributed by atoms with Crippen molar-refractivity contribution in [2.75, 3.05) is 19.9 Å². The Morgan fingerprint density at radius 1 is 1.15 bits per heavy atom. The molecule has 140 valence electrons. The van der Waals surface area contributed by atoms with E-state index in [1.54, 1.807) is 24.3 Å². The zero-order chi connectivity index (χ0) is 19.1. The van der Waals surface area contributed by atoms with Gasteiger partial charge in [0.2, 0.25) is 6.79 Å². The van der Waals surface area contributed by atoms with Crippen LogP contribution in [0.1, 0.15) is 24.0 Å². The third-order valence-corrected chi connectivity index (χ3v) is 4.13. The quantitative estimate of drug-likeness (QED) is 0.602. The van der Waals surface area contributed by atoms with Crippen molar-refractivity contribution in [3.05, 3.63) is 65.7 Å². The average Bonchev–Trinajstić information content (AvgIpc) is 3.17. The fourth-order valence-electron chi connectivity index (χ4n) is 2.58. The third kappa shape index (κ3) is 5.34. The molecular weight excluding hydrogens is 346 g/mol. The fourth-order valence-corrected chi connectivity index (χ4v) is 2.58. The van der Waals surface area contributed by atoms with Gasteiger partial charge in [-0.1, -0.05) is 43.3 Å². The Kier molecular flexibility index (Phi) is 6.10. The number of carbonyl (C=O) groups excluding carboxylic acids is 2. The van der Waals surface area contributed by atoms with Crippen molar-refractivity contribution in [1.29, 1.82) is 0 Å². The lowest BCUT2D eigenvalue weighted by molar-refractivity contribution is -0.143. The summed E-state index contributed by atoms with van der Waals surface area (Å²) in [6.07, 6.45) is 2.87. The Balaban J connectivity index is 1.40. The Morgan fingerprint density at radius 3 is 2.74 bits per heavy atom. The van der Waals surface area contributed by atoms with Crippen LogP contribution in [0.5, 0.6) is 11.5 Å². The summed E-state index contributed by atoms with van der Waals surface area (Å²) in [7, 11) is 0. The lowest BCUT2D eigenvalue weighted by Gasteiger charge is -2.12. The van der Waals surface area contributed by atoms with Crippen LogP contribution in [0.2, 0.25) is 0 Å². The Hall–Kier alpha value is -3.28. The molecule has 0 aromatic heterocycles. The van der Waals surface area contributed by atoms with Crippen LogP contribution >= 0.6 is 0 Å². The minimum Gasteiger partial charge on any atom is -0.454 e. The van der Waals surface area contributed by atoms with Crippen molar-refractivity contribution in [3.8, 4) is 11.5 Å². The van der Waals surface area contributed by atoms with Gasteiger partial charge in [0.15, 0.2) is 18.1 Å². The molecule has 1 aliphatic heterocycles. The second-order valence-electron chi connectivity index (χ2n) is 6.17. The zero-order valence-corrected chi connectivity index (χ0v) is 15.0. The van der Waals surface area contributed by atoms with Gasteiger partial charge in [0, 0.05) is 12.6 Å². The molecule has 6 nitrogen and oxygen atoms in total. The van der Waals surface area contributed by atoms with Gasteiger partial charge < -0.3 is 19.5 Å². The lowest BCUT2D eigenvalue weighted by atomic mass is 10.0. The molecule has 27 heavy (non-hydrogen) atoms. The molecule has 1 amide bonds. The lowest BCUT2D eigenvalue weighted by Crippen LogP contribution is -2.31. The summed E-state index contributed by atoms with van der Waals surface area (Å²) in [4.78, 5) is 23.6. The third-order valence-electron chi connectivity index (χ3n) is 4.13. The number of esters is 1. The van der Waals surface area contributed by atoms with E-state index in [1.807, 2.05) is 37.3 Å². The summed E-state index contributed by atoms with van der Waals surface area (Å²) in [5, 5.41) is 2.77. The maximum absolute atomic E-state index is 11.8. The molecule has 1 N–H and O–H groups in total. The first kappa shape index (κ1) is 18.5. The molecule has 2 aromatic rings. The molecule has 1 aliphatic rings. The molecule has 1 atom stereocenters. The number of rotatable bonds is 7. The molecule has 0 saturated heterocycles. The second kappa shape index (κ2) is 8.89. The summed E-state index contributed by atoms with van der Waals surface area (Å²) in [6, 6.07) is 15.2. The number of fused-ring (bicyclic) bond motifs is 1. The van der Waals surface area contributed by atoms with Crippen LogP contribution in [0.4, 0.5) is 0 Å². The van der Waals surface area contributed by atoms with Crippen molar-refractivity contribution >= 4 is 18.0 Å². The van der Waals surface area contributed by atoms with E-state index in [1.165, 1.54) is 6.08 Å². The second-order valence-corrected chi connectivity index (χ2v) is 6.17. The van der Waals surface area contributed by atoms with Gasteiger partial charge in [-0.3, -0.25) is 4.79 Å². The highest BCUT2D eigenvalue weighted by Crippen LogP contribution is 2.32. The van der Waals surface area contributed by atoms with Gasteiger partial charge >= 0.3 is 5.97 Å². The molecule has 6 heteroatoms. The topological polar surface area (TPSA) is 73.9 Å². The summed E-state index contributed by atoms with van der Waals surface area (Å²) < 4.78 is 15.5. The monoisotopic (exact) mass is 367 g/mol. The van der Waals surface area contributed by atoms with E-state index in [-0.39, 0.29) is 25.2 Å². The van der Waals surface area contributed by atoms with Crippen LogP contribution in [0, 0.1) is 0 Å². The molecule has 0 bridgehead atoms. The number of benzene rings is 2. The SMILES string of the molecule is C[C@@H](CNC(=O)COC(=O)/C=C/c1ccc2c(c1)OCO2)c1ccccc1. The van der Waals surface area contributed by atoms with Crippen molar-refractivity contribution in [1.82, 2.24) is 5.32 Å². The summed E-state index contributed by atoms with van der Waals surface area (Å²) >= 11 is 0. The van der Waals surface area contributed by atoms with Crippen LogP contribution in [-0.4, -0.2) is 31.8 Å². The predicted molar refractivity (Wildman–Crippen MR) is 100 cm³/mol. The van der Waals surface area contributed by atoms with Crippen LogP contribution in [0.3, 0.4) is 0 Å². The molecular formula is C21H21NO5. The smallest absolute Gasteiger partial charge is 0.331 e. The normalized spacial score (nSPS) is 13.4. The van der Waals surface area contributed by atoms with E-state index in [9.17, 15) is 9.59 Å². The summed E-state index contributed by atoms with van der Waals surface area (Å²) in [5.74, 6) is 0.576.